The highest BCUT2D eigenvalue weighted by Gasteiger charge is 2.26. The number of likely N-dealkylation sites (N-methyl/N-ethyl adjacent to an activating group) is 1. The molecule has 1 unspecified atom stereocenters. The summed E-state index contributed by atoms with van der Waals surface area (Å²) >= 11 is 3.39. The third-order valence-electron chi connectivity index (χ3n) is 4.99. The van der Waals surface area contributed by atoms with Crippen LogP contribution < -0.4 is 5.32 Å². The van der Waals surface area contributed by atoms with E-state index in [1.54, 1.807) is 37.3 Å². The molecular formula is C22H28BrN3O4S. The molecule has 2 amide bonds. The van der Waals surface area contributed by atoms with Crippen LogP contribution in [0.3, 0.4) is 0 Å². The summed E-state index contributed by atoms with van der Waals surface area (Å²) < 4.78 is 27.4. The van der Waals surface area contributed by atoms with Crippen molar-refractivity contribution in [3.8, 4) is 0 Å². The molecule has 0 aliphatic heterocycles. The van der Waals surface area contributed by atoms with Crippen LogP contribution in [0.4, 0.5) is 0 Å². The van der Waals surface area contributed by atoms with Crippen molar-refractivity contribution < 1.29 is 18.0 Å². The van der Waals surface area contributed by atoms with Gasteiger partial charge in [0.2, 0.25) is 21.8 Å². The second-order valence-corrected chi connectivity index (χ2v) is 10.1. The highest BCUT2D eigenvalue weighted by atomic mass is 79.9. The molecule has 168 valence electrons. The maximum atomic E-state index is 12.9. The van der Waals surface area contributed by atoms with E-state index < -0.39 is 16.1 Å². The molecule has 1 atom stereocenters. The molecule has 0 saturated heterocycles. The Labute approximate surface area is 192 Å². The molecule has 0 radical (unpaired) electrons. The van der Waals surface area contributed by atoms with E-state index in [-0.39, 0.29) is 29.7 Å². The Hall–Kier alpha value is -2.23. The Balaban J connectivity index is 2.03. The van der Waals surface area contributed by atoms with Crippen LogP contribution in [0.25, 0.3) is 0 Å². The van der Waals surface area contributed by atoms with Gasteiger partial charge in [-0.3, -0.25) is 9.59 Å². The molecule has 0 aromatic heterocycles. The number of hydrogen-bond donors (Lipinski definition) is 1. The zero-order chi connectivity index (χ0) is 23.0. The van der Waals surface area contributed by atoms with Crippen molar-refractivity contribution >= 4 is 37.8 Å². The predicted octanol–water partition coefficient (Wildman–Crippen LogP) is 3.01. The van der Waals surface area contributed by atoms with E-state index in [0.29, 0.717) is 13.0 Å². The first-order valence-electron chi connectivity index (χ1n) is 9.93. The summed E-state index contributed by atoms with van der Waals surface area (Å²) in [5.41, 5.74) is 0.899. The topological polar surface area (TPSA) is 86.8 Å². The molecular weight excluding hydrogens is 482 g/mol. The molecule has 0 heterocycles. The fraction of sp³-hybridized carbons (Fsp3) is 0.364. The van der Waals surface area contributed by atoms with Crippen molar-refractivity contribution in [3.05, 3.63) is 64.6 Å². The minimum absolute atomic E-state index is 0.131. The van der Waals surface area contributed by atoms with Crippen molar-refractivity contribution in [3.63, 3.8) is 0 Å². The number of halogens is 1. The van der Waals surface area contributed by atoms with E-state index in [4.69, 9.17) is 0 Å². The molecule has 7 nitrogen and oxygen atoms in total. The van der Waals surface area contributed by atoms with Crippen LogP contribution in [0.1, 0.15) is 25.3 Å². The lowest BCUT2D eigenvalue weighted by Gasteiger charge is -2.28. The Morgan fingerprint density at radius 1 is 1.06 bits per heavy atom. The Kier molecular flexibility index (Phi) is 9.21. The van der Waals surface area contributed by atoms with Gasteiger partial charge < -0.3 is 10.2 Å². The summed E-state index contributed by atoms with van der Waals surface area (Å²) in [5.74, 6) is -0.459. The third kappa shape index (κ3) is 6.88. The van der Waals surface area contributed by atoms with Gasteiger partial charge in [-0.1, -0.05) is 46.3 Å². The molecule has 0 fully saturated rings. The standard InChI is InChI=1S/C22H28BrN3O4S/c1-17(22(28)24-2)26(16-18-11-13-19(23)14-12-18)21(27)10-7-15-25(3)31(29,30)20-8-5-4-6-9-20/h4-6,8-9,11-14,17H,7,10,15-16H2,1-3H3,(H,24,28). The highest BCUT2D eigenvalue weighted by Crippen LogP contribution is 2.17. The molecule has 0 aliphatic rings. The summed E-state index contributed by atoms with van der Waals surface area (Å²) in [4.78, 5) is 26.9. The lowest BCUT2D eigenvalue weighted by Crippen LogP contribution is -2.46. The van der Waals surface area contributed by atoms with Crippen molar-refractivity contribution in [1.82, 2.24) is 14.5 Å². The van der Waals surface area contributed by atoms with E-state index >= 15 is 0 Å². The maximum Gasteiger partial charge on any atom is 0.242 e. The van der Waals surface area contributed by atoms with E-state index in [9.17, 15) is 18.0 Å². The third-order valence-corrected chi connectivity index (χ3v) is 7.39. The normalized spacial score (nSPS) is 12.4. The van der Waals surface area contributed by atoms with Crippen LogP contribution in [-0.2, 0) is 26.2 Å². The van der Waals surface area contributed by atoms with E-state index in [1.165, 1.54) is 23.3 Å². The number of carbonyl (C=O) groups is 2. The first-order chi connectivity index (χ1) is 14.7. The van der Waals surface area contributed by atoms with Gasteiger partial charge in [-0.25, -0.2) is 12.7 Å². The van der Waals surface area contributed by atoms with Crippen LogP contribution in [0.15, 0.2) is 64.0 Å². The number of carbonyl (C=O) groups excluding carboxylic acids is 2. The zero-order valence-corrected chi connectivity index (χ0v) is 20.3. The summed E-state index contributed by atoms with van der Waals surface area (Å²) in [7, 11) is -0.572. The fourth-order valence-corrected chi connectivity index (χ4v) is 4.56. The van der Waals surface area contributed by atoms with Crippen molar-refractivity contribution in [2.24, 2.45) is 0 Å². The largest absolute Gasteiger partial charge is 0.357 e. The molecule has 0 aliphatic carbocycles. The van der Waals surface area contributed by atoms with Gasteiger partial charge in [-0.05, 0) is 43.2 Å². The number of hydrogen-bond acceptors (Lipinski definition) is 4. The molecule has 2 aromatic carbocycles. The smallest absolute Gasteiger partial charge is 0.242 e. The van der Waals surface area contributed by atoms with Gasteiger partial charge in [-0.2, -0.15) is 0 Å². The fourth-order valence-electron chi connectivity index (χ4n) is 3.07. The van der Waals surface area contributed by atoms with Gasteiger partial charge in [-0.15, -0.1) is 0 Å². The molecule has 0 saturated carbocycles. The van der Waals surface area contributed by atoms with Crippen LogP contribution in [0, 0.1) is 0 Å². The predicted molar refractivity (Wildman–Crippen MR) is 124 cm³/mol. The Morgan fingerprint density at radius 2 is 1.68 bits per heavy atom. The van der Waals surface area contributed by atoms with Gasteiger partial charge >= 0.3 is 0 Å². The van der Waals surface area contributed by atoms with Crippen LogP contribution >= 0.6 is 15.9 Å². The maximum absolute atomic E-state index is 12.9. The monoisotopic (exact) mass is 509 g/mol. The van der Waals surface area contributed by atoms with Gasteiger partial charge in [0, 0.05) is 38.1 Å². The summed E-state index contributed by atoms with van der Waals surface area (Å²) in [5, 5.41) is 2.58. The molecule has 0 bridgehead atoms. The van der Waals surface area contributed by atoms with Gasteiger partial charge in [0.05, 0.1) is 4.90 Å². The minimum Gasteiger partial charge on any atom is -0.357 e. The van der Waals surface area contributed by atoms with Crippen molar-refractivity contribution in [1.29, 1.82) is 0 Å². The molecule has 2 aromatic rings. The van der Waals surface area contributed by atoms with Gasteiger partial charge in [0.25, 0.3) is 0 Å². The average molecular weight is 510 g/mol. The number of amides is 2. The van der Waals surface area contributed by atoms with E-state index in [1.807, 2.05) is 24.3 Å². The molecule has 31 heavy (non-hydrogen) atoms. The zero-order valence-electron chi connectivity index (χ0n) is 17.9. The lowest BCUT2D eigenvalue weighted by molar-refractivity contribution is -0.140. The van der Waals surface area contributed by atoms with Crippen LogP contribution in [-0.4, -0.2) is 56.1 Å². The molecule has 1 N–H and O–H groups in total. The number of nitrogens with zero attached hydrogens (tertiary/aromatic N) is 2. The van der Waals surface area contributed by atoms with Crippen LogP contribution in [0.2, 0.25) is 0 Å². The lowest BCUT2D eigenvalue weighted by atomic mass is 10.1. The summed E-state index contributed by atoms with van der Waals surface area (Å²) in [6.45, 7) is 2.17. The van der Waals surface area contributed by atoms with E-state index in [2.05, 4.69) is 21.2 Å². The van der Waals surface area contributed by atoms with Crippen molar-refractivity contribution in [2.75, 3.05) is 20.6 Å². The van der Waals surface area contributed by atoms with Gasteiger partial charge in [0.1, 0.15) is 6.04 Å². The summed E-state index contributed by atoms with van der Waals surface area (Å²) in [6, 6.07) is 15.1. The molecule has 2 rings (SSSR count). The first kappa shape index (κ1) is 25.0. The number of benzene rings is 2. The number of nitrogens with one attached hydrogen (secondary N) is 1. The first-order valence-corrected chi connectivity index (χ1v) is 12.2. The Morgan fingerprint density at radius 3 is 2.26 bits per heavy atom. The second-order valence-electron chi connectivity index (χ2n) is 7.18. The molecule has 9 heteroatoms. The highest BCUT2D eigenvalue weighted by molar-refractivity contribution is 9.10. The summed E-state index contributed by atoms with van der Waals surface area (Å²) in [6.07, 6.45) is 0.477. The minimum atomic E-state index is -3.60. The quantitative estimate of drug-likeness (QED) is 0.533. The van der Waals surface area contributed by atoms with Crippen LogP contribution in [0.5, 0.6) is 0 Å². The second kappa shape index (κ2) is 11.4. The van der Waals surface area contributed by atoms with E-state index in [0.717, 1.165) is 10.0 Å². The number of sulfonamides is 1. The molecule has 0 spiro atoms. The van der Waals surface area contributed by atoms with Gasteiger partial charge in [0.15, 0.2) is 0 Å². The Bertz CT molecular complexity index is 982. The number of rotatable bonds is 10. The van der Waals surface area contributed by atoms with Crippen molar-refractivity contribution in [2.45, 2.75) is 37.2 Å². The SMILES string of the molecule is CNC(=O)C(C)N(Cc1ccc(Br)cc1)C(=O)CCCN(C)S(=O)(=O)c1ccccc1. The average Bonchev–Trinajstić information content (AvgIpc) is 2.77.